The Bertz CT molecular complexity index is 109. The quantitative estimate of drug-likeness (QED) is 0.657. The molecule has 1 atom stereocenters. The maximum Gasteiger partial charge on any atom is 0.322 e. The van der Waals surface area contributed by atoms with Crippen molar-refractivity contribution in [2.24, 2.45) is 0 Å². The Morgan fingerprint density at radius 1 is 1.55 bits per heavy atom. The van der Waals surface area contributed by atoms with E-state index < -0.39 is 0 Å². The smallest absolute Gasteiger partial charge is 0.322 e. The second kappa shape index (κ2) is 7.82. The predicted octanol–water partition coefficient (Wildman–Crippen LogP) is 0.969. The van der Waals surface area contributed by atoms with E-state index in [2.05, 4.69) is 10.1 Å². The van der Waals surface area contributed by atoms with E-state index in [4.69, 9.17) is 0 Å². The Morgan fingerprint density at radius 3 is 2.36 bits per heavy atom. The van der Waals surface area contributed by atoms with Gasteiger partial charge in [0.1, 0.15) is 6.04 Å². The highest BCUT2D eigenvalue weighted by atomic mass is 35.5. The van der Waals surface area contributed by atoms with Crippen molar-refractivity contribution >= 4 is 18.4 Å². The normalized spacial score (nSPS) is 11.5. The number of hydrogen-bond donors (Lipinski definition) is 1. The molecular weight excluding hydrogens is 166 g/mol. The minimum Gasteiger partial charge on any atom is -0.468 e. The summed E-state index contributed by atoms with van der Waals surface area (Å²) in [4.78, 5) is 10.8. The van der Waals surface area contributed by atoms with Gasteiger partial charge in [-0.3, -0.25) is 4.79 Å². The Hall–Kier alpha value is -0.280. The van der Waals surface area contributed by atoms with Crippen LogP contribution in [0.4, 0.5) is 0 Å². The lowest BCUT2D eigenvalue weighted by atomic mass is 10.2. The third kappa shape index (κ3) is 5.04. The molecule has 0 saturated carbocycles. The molecule has 0 fully saturated rings. The summed E-state index contributed by atoms with van der Waals surface area (Å²) in [5.74, 6) is -0.177. The van der Waals surface area contributed by atoms with Crippen LogP contribution in [0.3, 0.4) is 0 Å². The predicted molar refractivity (Wildman–Crippen MR) is 47.0 cm³/mol. The van der Waals surface area contributed by atoms with E-state index in [9.17, 15) is 4.79 Å². The van der Waals surface area contributed by atoms with Gasteiger partial charge in [-0.1, -0.05) is 13.8 Å². The number of methoxy groups -OCH3 is 1. The number of rotatable bonds is 4. The third-order valence-electron chi connectivity index (χ3n) is 1.34. The van der Waals surface area contributed by atoms with E-state index in [0.29, 0.717) is 0 Å². The molecule has 11 heavy (non-hydrogen) atoms. The minimum absolute atomic E-state index is 0. The van der Waals surface area contributed by atoms with Gasteiger partial charge >= 0.3 is 5.97 Å². The number of carbonyl (C=O) groups is 1. The molecule has 68 valence electrons. The van der Waals surface area contributed by atoms with E-state index in [1.165, 1.54) is 7.11 Å². The van der Waals surface area contributed by atoms with Crippen molar-refractivity contribution in [2.45, 2.75) is 26.3 Å². The van der Waals surface area contributed by atoms with E-state index in [-0.39, 0.29) is 24.4 Å². The average Bonchev–Trinajstić information content (AvgIpc) is 1.99. The lowest BCUT2D eigenvalue weighted by Crippen LogP contribution is -2.36. The molecule has 1 unspecified atom stereocenters. The van der Waals surface area contributed by atoms with Crippen molar-refractivity contribution in [1.29, 1.82) is 0 Å². The van der Waals surface area contributed by atoms with Crippen molar-refractivity contribution < 1.29 is 9.53 Å². The molecule has 0 saturated heterocycles. The Labute approximate surface area is 73.9 Å². The summed E-state index contributed by atoms with van der Waals surface area (Å²) in [5.41, 5.74) is 0. The van der Waals surface area contributed by atoms with Gasteiger partial charge in [0.2, 0.25) is 0 Å². The van der Waals surface area contributed by atoms with Crippen LogP contribution in [-0.4, -0.2) is 25.7 Å². The van der Waals surface area contributed by atoms with Gasteiger partial charge in [-0.05, 0) is 13.0 Å². The minimum atomic E-state index is -0.177. The highest BCUT2D eigenvalue weighted by molar-refractivity contribution is 5.85. The molecule has 0 spiro atoms. The molecule has 3 nitrogen and oxygen atoms in total. The maximum atomic E-state index is 10.8. The molecule has 0 aromatic heterocycles. The molecule has 0 heterocycles. The van der Waals surface area contributed by atoms with Crippen LogP contribution in [0.1, 0.15) is 20.3 Å². The molecule has 0 radical (unpaired) electrons. The zero-order valence-electron chi connectivity index (χ0n) is 7.22. The summed E-state index contributed by atoms with van der Waals surface area (Å²) in [6.45, 7) is 4.71. The SMILES string of the molecule is CCNC(CC)C(=O)OC.Cl. The molecule has 0 aliphatic carbocycles. The van der Waals surface area contributed by atoms with Crippen molar-refractivity contribution in [3.05, 3.63) is 0 Å². The van der Waals surface area contributed by atoms with Gasteiger partial charge in [0.05, 0.1) is 7.11 Å². The fraction of sp³-hybridized carbons (Fsp3) is 0.857. The summed E-state index contributed by atoms with van der Waals surface area (Å²) < 4.78 is 4.55. The third-order valence-corrected chi connectivity index (χ3v) is 1.34. The fourth-order valence-corrected chi connectivity index (χ4v) is 0.783. The Kier molecular flexibility index (Phi) is 9.47. The first kappa shape index (κ1) is 13.3. The first-order chi connectivity index (χ1) is 4.76. The summed E-state index contributed by atoms with van der Waals surface area (Å²) in [6.07, 6.45) is 0.778. The van der Waals surface area contributed by atoms with Crippen molar-refractivity contribution in [3.8, 4) is 0 Å². The molecular formula is C7H16ClNO2. The second-order valence-corrected chi connectivity index (χ2v) is 2.04. The lowest BCUT2D eigenvalue weighted by Gasteiger charge is -2.11. The molecule has 1 N–H and O–H groups in total. The van der Waals surface area contributed by atoms with Crippen LogP contribution in [0.5, 0.6) is 0 Å². The highest BCUT2D eigenvalue weighted by Gasteiger charge is 2.13. The van der Waals surface area contributed by atoms with Crippen molar-refractivity contribution in [2.75, 3.05) is 13.7 Å². The summed E-state index contributed by atoms with van der Waals surface area (Å²) >= 11 is 0. The van der Waals surface area contributed by atoms with Crippen molar-refractivity contribution in [1.82, 2.24) is 5.32 Å². The number of nitrogens with one attached hydrogen (secondary N) is 1. The van der Waals surface area contributed by atoms with Gasteiger partial charge in [-0.15, -0.1) is 12.4 Å². The summed E-state index contributed by atoms with van der Waals surface area (Å²) in [6, 6.07) is -0.130. The number of hydrogen-bond acceptors (Lipinski definition) is 3. The van der Waals surface area contributed by atoms with E-state index in [0.717, 1.165) is 13.0 Å². The molecule has 0 aliphatic rings. The van der Waals surface area contributed by atoms with Crippen molar-refractivity contribution in [3.63, 3.8) is 0 Å². The molecule has 0 bridgehead atoms. The van der Waals surface area contributed by atoms with Crippen LogP contribution in [0.2, 0.25) is 0 Å². The van der Waals surface area contributed by atoms with Gasteiger partial charge < -0.3 is 10.1 Å². The first-order valence-electron chi connectivity index (χ1n) is 3.57. The van der Waals surface area contributed by atoms with E-state index in [1.807, 2.05) is 13.8 Å². The Morgan fingerprint density at radius 2 is 2.09 bits per heavy atom. The number of likely N-dealkylation sites (N-methyl/N-ethyl adjacent to an activating group) is 1. The second-order valence-electron chi connectivity index (χ2n) is 2.04. The number of carbonyl (C=O) groups excluding carboxylic acids is 1. The monoisotopic (exact) mass is 181 g/mol. The molecule has 0 aromatic rings. The molecule has 0 amide bonds. The zero-order valence-corrected chi connectivity index (χ0v) is 8.03. The van der Waals surface area contributed by atoms with Gasteiger partial charge in [-0.25, -0.2) is 0 Å². The number of ether oxygens (including phenoxy) is 1. The number of halogens is 1. The van der Waals surface area contributed by atoms with Crippen LogP contribution in [0.25, 0.3) is 0 Å². The van der Waals surface area contributed by atoms with Gasteiger partial charge in [0.15, 0.2) is 0 Å². The molecule has 0 aromatic carbocycles. The topological polar surface area (TPSA) is 38.3 Å². The standard InChI is InChI=1S/C7H15NO2.ClH/c1-4-6(8-5-2)7(9)10-3;/h6,8H,4-5H2,1-3H3;1H. The molecule has 0 aliphatic heterocycles. The van der Waals surface area contributed by atoms with Crippen LogP contribution >= 0.6 is 12.4 Å². The van der Waals surface area contributed by atoms with Gasteiger partial charge in [0.25, 0.3) is 0 Å². The Balaban J connectivity index is 0. The van der Waals surface area contributed by atoms with Crippen LogP contribution in [-0.2, 0) is 9.53 Å². The summed E-state index contributed by atoms with van der Waals surface area (Å²) in [7, 11) is 1.41. The van der Waals surface area contributed by atoms with Gasteiger partial charge in [0, 0.05) is 0 Å². The highest BCUT2D eigenvalue weighted by Crippen LogP contribution is 1.92. The molecule has 4 heteroatoms. The average molecular weight is 182 g/mol. The number of esters is 1. The largest absolute Gasteiger partial charge is 0.468 e. The molecule has 0 rings (SSSR count). The van der Waals surface area contributed by atoms with E-state index in [1.54, 1.807) is 0 Å². The zero-order chi connectivity index (χ0) is 7.98. The maximum absolute atomic E-state index is 10.8. The van der Waals surface area contributed by atoms with Crippen LogP contribution in [0.15, 0.2) is 0 Å². The summed E-state index contributed by atoms with van der Waals surface area (Å²) in [5, 5.41) is 3.01. The van der Waals surface area contributed by atoms with Crippen LogP contribution < -0.4 is 5.32 Å². The fourth-order valence-electron chi connectivity index (χ4n) is 0.783. The van der Waals surface area contributed by atoms with Gasteiger partial charge in [-0.2, -0.15) is 0 Å². The van der Waals surface area contributed by atoms with Crippen LogP contribution in [0, 0.1) is 0 Å². The van der Waals surface area contributed by atoms with E-state index >= 15 is 0 Å². The first-order valence-corrected chi connectivity index (χ1v) is 3.57. The lowest BCUT2D eigenvalue weighted by molar-refractivity contribution is -0.143.